The Morgan fingerprint density at radius 1 is 0.867 bits per heavy atom. The fourth-order valence-corrected chi connectivity index (χ4v) is 0.793. The zero-order valence-corrected chi connectivity index (χ0v) is 9.16. The van der Waals surface area contributed by atoms with Crippen LogP contribution >= 0.6 is 0 Å². The van der Waals surface area contributed by atoms with Crippen molar-refractivity contribution < 1.29 is 34.7 Å². The van der Waals surface area contributed by atoms with Crippen molar-refractivity contribution >= 4 is 43.7 Å². The van der Waals surface area contributed by atoms with E-state index in [2.05, 4.69) is 0 Å². The Labute approximate surface area is 113 Å². The molecule has 0 aliphatic heterocycles. The topological polar surface area (TPSA) is 37.3 Å². The van der Waals surface area contributed by atoms with Crippen LogP contribution < -0.4 is 0 Å². The van der Waals surface area contributed by atoms with E-state index in [0.717, 1.165) is 0 Å². The van der Waals surface area contributed by atoms with Crippen LogP contribution in [0, 0.1) is 29.1 Å². The van der Waals surface area contributed by atoms with Crippen molar-refractivity contribution in [2.75, 3.05) is 0 Å². The Kier molecular flexibility index (Phi) is 4.95. The molecule has 0 heterocycles. The summed E-state index contributed by atoms with van der Waals surface area (Å²) in [6.45, 7) is 0. The van der Waals surface area contributed by atoms with Crippen LogP contribution in [0.25, 0.3) is 0 Å². The maximum atomic E-state index is 12.6. The third-order valence-corrected chi connectivity index (χ3v) is 1.42. The van der Waals surface area contributed by atoms with E-state index in [1.54, 1.807) is 0 Å². The number of carboxylic acids is 1. The summed E-state index contributed by atoms with van der Waals surface area (Å²) in [7, 11) is 0. The molecule has 0 unspecified atom stereocenters. The van der Waals surface area contributed by atoms with Gasteiger partial charge in [-0.25, -0.2) is 26.7 Å². The maximum Gasteiger partial charge on any atom is 2.00 e. The minimum atomic E-state index is -2.38. The predicted octanol–water partition coefficient (Wildman–Crippen LogP) is 1.92. The number of halogens is 5. The molecule has 0 bridgehead atoms. The molecule has 8 heteroatoms. The van der Waals surface area contributed by atoms with Crippen molar-refractivity contribution in [2.24, 2.45) is 0 Å². The summed E-state index contributed by atoms with van der Waals surface area (Å²) in [6.07, 6.45) is 0. The molecule has 0 amide bonds. The molecule has 80 valence electrons. The van der Waals surface area contributed by atoms with Crippen LogP contribution in [0.2, 0.25) is 0 Å². The number of carbonyl (C=O) groups is 1. The molecule has 0 aliphatic rings. The van der Waals surface area contributed by atoms with Gasteiger partial charge in [0.2, 0.25) is 5.82 Å². The van der Waals surface area contributed by atoms with Gasteiger partial charge in [0.15, 0.2) is 23.3 Å². The molecule has 2 nitrogen and oxygen atoms in total. The van der Waals surface area contributed by atoms with E-state index in [0.29, 0.717) is 0 Å². The van der Waals surface area contributed by atoms with E-state index >= 15 is 0 Å². The van der Waals surface area contributed by atoms with Crippen LogP contribution in [0.4, 0.5) is 22.0 Å². The zero-order chi connectivity index (χ0) is 11.0. The predicted molar refractivity (Wildman–Crippen MR) is 41.2 cm³/mol. The molecule has 1 aromatic carbocycles. The summed E-state index contributed by atoms with van der Waals surface area (Å²) in [6, 6.07) is 0. The minimum Gasteiger partial charge on any atom is -1.00 e. The Balaban J connectivity index is -0.000000653. The maximum absolute atomic E-state index is 12.6. The molecule has 0 fully saturated rings. The van der Waals surface area contributed by atoms with Crippen LogP contribution in [-0.4, -0.2) is 48.8 Å². The summed E-state index contributed by atoms with van der Waals surface area (Å²) in [5, 5.41) is 8.15. The Bertz CT molecular complexity index is 400. The van der Waals surface area contributed by atoms with Gasteiger partial charge in [-0.15, -0.1) is 0 Å². The molecule has 1 aromatic rings. The fraction of sp³-hybridized carbons (Fsp3) is 0. The van der Waals surface area contributed by atoms with E-state index in [9.17, 15) is 26.7 Å². The largest absolute Gasteiger partial charge is 2.00 e. The van der Waals surface area contributed by atoms with Gasteiger partial charge in [0.25, 0.3) is 0 Å². The summed E-state index contributed by atoms with van der Waals surface area (Å²) in [4.78, 5) is 10.1. The number of benzene rings is 1. The summed E-state index contributed by atoms with van der Waals surface area (Å²) < 4.78 is 62.1. The van der Waals surface area contributed by atoms with E-state index in [1.807, 2.05) is 0 Å². The standard InChI is InChI=1S/C7HF5O2.Ca.2H/c8-2-1(7(13)14)3(9)5(11)6(12)4(2)10;;;/h(H,13,14);;;/q;+2;2*-1. The van der Waals surface area contributed by atoms with Gasteiger partial charge in [0.05, 0.1) is 0 Å². The fourth-order valence-electron chi connectivity index (χ4n) is 0.793. The van der Waals surface area contributed by atoms with Crippen molar-refractivity contribution in [1.29, 1.82) is 0 Å². The average Bonchev–Trinajstić information content (AvgIpc) is 2.11. The summed E-state index contributed by atoms with van der Waals surface area (Å²) >= 11 is 0. The number of carboxylic acid groups (broad SMARTS) is 1. The molecule has 1 rings (SSSR count). The van der Waals surface area contributed by atoms with Crippen LogP contribution in [-0.2, 0) is 0 Å². The third kappa shape index (κ3) is 2.40. The van der Waals surface area contributed by atoms with Gasteiger partial charge in [-0.05, 0) is 0 Å². The van der Waals surface area contributed by atoms with Crippen LogP contribution in [0.5, 0.6) is 0 Å². The Morgan fingerprint density at radius 2 is 1.13 bits per heavy atom. The minimum absolute atomic E-state index is 0. The van der Waals surface area contributed by atoms with E-state index < -0.39 is 40.6 Å². The molecule has 0 atom stereocenters. The van der Waals surface area contributed by atoms with Crippen molar-refractivity contribution in [1.82, 2.24) is 0 Å². The average molecular weight is 254 g/mol. The Hall–Kier alpha value is -0.400. The first-order chi connectivity index (χ1) is 6.37. The van der Waals surface area contributed by atoms with Gasteiger partial charge in [0.1, 0.15) is 5.56 Å². The third-order valence-electron chi connectivity index (χ3n) is 1.42. The van der Waals surface area contributed by atoms with Gasteiger partial charge in [0, 0.05) is 0 Å². The summed E-state index contributed by atoms with van der Waals surface area (Å²) in [5.41, 5.74) is -1.86. The van der Waals surface area contributed by atoms with Crippen molar-refractivity contribution in [3.8, 4) is 0 Å². The monoisotopic (exact) mass is 254 g/mol. The molecule has 0 saturated heterocycles. The Morgan fingerprint density at radius 3 is 1.40 bits per heavy atom. The second kappa shape index (κ2) is 5.09. The SMILES string of the molecule is O=C(O)c1c(F)c(F)c(F)c(F)c1F.[Ca+2].[H-].[H-]. The second-order valence-corrected chi connectivity index (χ2v) is 2.25. The normalized spacial score (nSPS) is 9.67. The van der Waals surface area contributed by atoms with Crippen molar-refractivity contribution in [2.45, 2.75) is 0 Å². The first kappa shape index (κ1) is 14.6. The number of hydrogen-bond donors (Lipinski definition) is 1. The van der Waals surface area contributed by atoms with Gasteiger partial charge in [-0.3, -0.25) is 0 Å². The number of rotatable bonds is 1. The summed E-state index contributed by atoms with van der Waals surface area (Å²) in [5.74, 6) is -13.9. The van der Waals surface area contributed by atoms with Gasteiger partial charge < -0.3 is 7.96 Å². The van der Waals surface area contributed by atoms with Gasteiger partial charge >= 0.3 is 43.7 Å². The molecular formula is C7H3CaF5O2. The molecule has 15 heavy (non-hydrogen) atoms. The van der Waals surface area contributed by atoms with Gasteiger partial charge in [-0.2, -0.15) is 0 Å². The molecule has 0 radical (unpaired) electrons. The molecule has 1 N–H and O–H groups in total. The first-order valence-electron chi connectivity index (χ1n) is 3.12. The smallest absolute Gasteiger partial charge is 1.00 e. The molecule has 0 spiro atoms. The second-order valence-electron chi connectivity index (χ2n) is 2.25. The van der Waals surface area contributed by atoms with Crippen molar-refractivity contribution in [3.05, 3.63) is 34.6 Å². The molecule has 0 aromatic heterocycles. The number of hydrogen-bond acceptors (Lipinski definition) is 1. The molecule has 0 saturated carbocycles. The zero-order valence-electron chi connectivity index (χ0n) is 8.95. The van der Waals surface area contributed by atoms with Crippen LogP contribution in [0.3, 0.4) is 0 Å². The van der Waals surface area contributed by atoms with E-state index in [4.69, 9.17) is 5.11 Å². The van der Waals surface area contributed by atoms with Crippen molar-refractivity contribution in [3.63, 3.8) is 0 Å². The van der Waals surface area contributed by atoms with E-state index in [1.165, 1.54) is 0 Å². The number of aromatic carboxylic acids is 1. The molecular weight excluding hydrogens is 251 g/mol. The quantitative estimate of drug-likeness (QED) is 0.360. The first-order valence-corrected chi connectivity index (χ1v) is 3.12. The van der Waals surface area contributed by atoms with Crippen LogP contribution in [0.1, 0.15) is 13.2 Å². The van der Waals surface area contributed by atoms with Gasteiger partial charge in [-0.1, -0.05) is 0 Å². The van der Waals surface area contributed by atoms with Crippen LogP contribution in [0.15, 0.2) is 0 Å². The molecule has 0 aliphatic carbocycles. The van der Waals surface area contributed by atoms with E-state index in [-0.39, 0.29) is 40.6 Å².